The predicted molar refractivity (Wildman–Crippen MR) is 88.2 cm³/mol. The van der Waals surface area contributed by atoms with Crippen molar-refractivity contribution in [2.24, 2.45) is 0 Å². The van der Waals surface area contributed by atoms with Crippen LogP contribution < -0.4 is 0 Å². The number of rotatable bonds is 3. The van der Waals surface area contributed by atoms with Gasteiger partial charge in [0.1, 0.15) is 0 Å². The Hall–Kier alpha value is -1.39. The minimum atomic E-state index is 0.869. The summed E-state index contributed by atoms with van der Waals surface area (Å²) in [7, 11) is 0. The number of halogens is 2. The van der Waals surface area contributed by atoms with Crippen LogP contribution in [-0.2, 0) is 6.42 Å². The Morgan fingerprint density at radius 3 is 2.60 bits per heavy atom. The predicted octanol–water partition coefficient (Wildman–Crippen LogP) is 4.99. The van der Waals surface area contributed by atoms with E-state index in [0.717, 1.165) is 21.1 Å². The van der Waals surface area contributed by atoms with Crippen LogP contribution in [0, 0.1) is 0 Å². The van der Waals surface area contributed by atoms with E-state index < -0.39 is 0 Å². The summed E-state index contributed by atoms with van der Waals surface area (Å²) in [6, 6.07) is 14.6. The van der Waals surface area contributed by atoms with Gasteiger partial charge in [0.25, 0.3) is 0 Å². The van der Waals surface area contributed by atoms with Gasteiger partial charge in [0, 0.05) is 27.8 Å². The van der Waals surface area contributed by atoms with E-state index >= 15 is 0 Å². The third kappa shape index (κ3) is 2.86. The highest BCUT2D eigenvalue weighted by Gasteiger charge is 2.08. The fraction of sp³-hybridized carbons (Fsp3) is 0.0625. The maximum atomic E-state index is 4.13. The van der Waals surface area contributed by atoms with Crippen LogP contribution in [0.2, 0.25) is 0 Å². The molecule has 0 saturated carbocycles. The van der Waals surface area contributed by atoms with Crippen LogP contribution >= 0.6 is 31.9 Å². The van der Waals surface area contributed by atoms with Crippen molar-refractivity contribution >= 4 is 31.9 Å². The molecule has 0 fully saturated rings. The minimum absolute atomic E-state index is 0.869. The Kier molecular flexibility index (Phi) is 4.03. The van der Waals surface area contributed by atoms with Crippen LogP contribution in [-0.4, -0.2) is 9.55 Å². The topological polar surface area (TPSA) is 17.8 Å². The molecule has 100 valence electrons. The monoisotopic (exact) mass is 390 g/mol. The smallest absolute Gasteiger partial charge is 0.0991 e. The lowest BCUT2D eigenvalue weighted by Crippen LogP contribution is -1.99. The van der Waals surface area contributed by atoms with Gasteiger partial charge < -0.3 is 4.57 Å². The van der Waals surface area contributed by atoms with Crippen molar-refractivity contribution < 1.29 is 0 Å². The average Bonchev–Trinajstić information content (AvgIpc) is 2.95. The highest BCUT2D eigenvalue weighted by Crippen LogP contribution is 2.25. The van der Waals surface area contributed by atoms with Crippen molar-refractivity contribution in [3.05, 3.63) is 81.3 Å². The fourth-order valence-corrected chi connectivity index (χ4v) is 3.03. The Morgan fingerprint density at radius 1 is 1.00 bits per heavy atom. The molecule has 1 heterocycles. The highest BCUT2D eigenvalue weighted by molar-refractivity contribution is 9.10. The van der Waals surface area contributed by atoms with Crippen molar-refractivity contribution in [1.82, 2.24) is 9.55 Å². The van der Waals surface area contributed by atoms with Gasteiger partial charge in [0.15, 0.2) is 0 Å². The standard InChI is InChI=1S/C16H12Br2N2/c17-14-5-6-16(20-8-7-19-11-20)13(10-14)9-12-3-1-2-4-15(12)18/h1-8,10-11H,9H2. The third-order valence-corrected chi connectivity index (χ3v) is 4.43. The molecule has 0 aliphatic carbocycles. The molecule has 3 rings (SSSR count). The summed E-state index contributed by atoms with van der Waals surface area (Å²) < 4.78 is 4.26. The second kappa shape index (κ2) is 5.94. The van der Waals surface area contributed by atoms with Crippen LogP contribution in [0.15, 0.2) is 70.1 Å². The maximum Gasteiger partial charge on any atom is 0.0991 e. The van der Waals surface area contributed by atoms with Crippen LogP contribution in [0.25, 0.3) is 5.69 Å². The van der Waals surface area contributed by atoms with Gasteiger partial charge in [-0.25, -0.2) is 4.98 Å². The molecule has 3 aromatic rings. The molecule has 0 atom stereocenters. The van der Waals surface area contributed by atoms with Gasteiger partial charge in [-0.05, 0) is 35.4 Å². The van der Waals surface area contributed by atoms with Crippen LogP contribution in [0.4, 0.5) is 0 Å². The first kappa shape index (κ1) is 13.6. The molecule has 0 aliphatic rings. The average molecular weight is 392 g/mol. The molecule has 0 spiro atoms. The van der Waals surface area contributed by atoms with Gasteiger partial charge >= 0.3 is 0 Å². The molecule has 0 bridgehead atoms. The molecular weight excluding hydrogens is 380 g/mol. The largest absolute Gasteiger partial charge is 0.306 e. The van der Waals surface area contributed by atoms with Crippen LogP contribution in [0.3, 0.4) is 0 Å². The van der Waals surface area contributed by atoms with Crippen molar-refractivity contribution in [2.75, 3.05) is 0 Å². The lowest BCUT2D eigenvalue weighted by molar-refractivity contribution is 1.01. The number of nitrogens with zero attached hydrogens (tertiary/aromatic N) is 2. The summed E-state index contributed by atoms with van der Waals surface area (Å²) in [5.41, 5.74) is 3.68. The first-order valence-corrected chi connectivity index (χ1v) is 7.83. The molecule has 0 aliphatic heterocycles. The van der Waals surface area contributed by atoms with Gasteiger partial charge in [-0.15, -0.1) is 0 Å². The Bertz CT molecular complexity index is 721. The van der Waals surface area contributed by atoms with E-state index in [9.17, 15) is 0 Å². The first-order chi connectivity index (χ1) is 9.74. The van der Waals surface area contributed by atoms with Gasteiger partial charge in [-0.2, -0.15) is 0 Å². The van der Waals surface area contributed by atoms with E-state index in [-0.39, 0.29) is 0 Å². The Balaban J connectivity index is 2.05. The molecule has 20 heavy (non-hydrogen) atoms. The van der Waals surface area contributed by atoms with Crippen molar-refractivity contribution in [1.29, 1.82) is 0 Å². The number of hydrogen-bond acceptors (Lipinski definition) is 1. The lowest BCUT2D eigenvalue weighted by atomic mass is 10.0. The van der Waals surface area contributed by atoms with Gasteiger partial charge in [-0.1, -0.05) is 50.1 Å². The molecule has 0 saturated heterocycles. The van der Waals surface area contributed by atoms with Crippen molar-refractivity contribution in [3.8, 4) is 5.69 Å². The minimum Gasteiger partial charge on any atom is -0.306 e. The zero-order valence-corrected chi connectivity index (χ0v) is 13.8. The third-order valence-electron chi connectivity index (χ3n) is 3.16. The summed E-state index contributed by atoms with van der Waals surface area (Å²) in [5, 5.41) is 0. The Morgan fingerprint density at radius 2 is 1.85 bits per heavy atom. The fourth-order valence-electron chi connectivity index (χ4n) is 2.20. The highest BCUT2D eigenvalue weighted by atomic mass is 79.9. The summed E-state index contributed by atoms with van der Waals surface area (Å²) >= 11 is 7.17. The molecule has 2 aromatic carbocycles. The molecule has 4 heteroatoms. The van der Waals surface area contributed by atoms with Crippen molar-refractivity contribution in [2.45, 2.75) is 6.42 Å². The van der Waals surface area contributed by atoms with E-state index in [0.29, 0.717) is 0 Å². The van der Waals surface area contributed by atoms with E-state index in [1.165, 1.54) is 11.1 Å². The van der Waals surface area contributed by atoms with Crippen LogP contribution in [0.5, 0.6) is 0 Å². The van der Waals surface area contributed by atoms with E-state index in [1.807, 2.05) is 23.2 Å². The summed E-state index contributed by atoms with van der Waals surface area (Å²) in [6.45, 7) is 0. The molecule has 0 radical (unpaired) electrons. The molecule has 0 N–H and O–H groups in total. The first-order valence-electron chi connectivity index (χ1n) is 6.24. The molecular formula is C16H12Br2N2. The maximum absolute atomic E-state index is 4.13. The molecule has 0 amide bonds. The zero-order chi connectivity index (χ0) is 13.9. The second-order valence-electron chi connectivity index (χ2n) is 4.51. The van der Waals surface area contributed by atoms with Crippen molar-refractivity contribution in [3.63, 3.8) is 0 Å². The number of hydrogen-bond donors (Lipinski definition) is 0. The molecule has 0 unspecified atom stereocenters. The zero-order valence-electron chi connectivity index (χ0n) is 10.6. The van der Waals surface area contributed by atoms with Gasteiger partial charge in [0.2, 0.25) is 0 Å². The number of benzene rings is 2. The quantitative estimate of drug-likeness (QED) is 0.615. The second-order valence-corrected chi connectivity index (χ2v) is 6.28. The molecule has 2 nitrogen and oxygen atoms in total. The summed E-state index contributed by atoms with van der Waals surface area (Å²) in [4.78, 5) is 4.13. The number of aromatic nitrogens is 2. The normalized spacial score (nSPS) is 10.7. The van der Waals surface area contributed by atoms with Gasteiger partial charge in [-0.3, -0.25) is 0 Å². The molecule has 1 aromatic heterocycles. The number of imidazole rings is 1. The van der Waals surface area contributed by atoms with E-state index in [4.69, 9.17) is 0 Å². The Labute approximate surface area is 134 Å². The summed E-state index contributed by atoms with van der Waals surface area (Å²) in [6.07, 6.45) is 6.46. The van der Waals surface area contributed by atoms with E-state index in [1.54, 1.807) is 6.20 Å². The van der Waals surface area contributed by atoms with Crippen LogP contribution in [0.1, 0.15) is 11.1 Å². The summed E-state index contributed by atoms with van der Waals surface area (Å²) in [5.74, 6) is 0. The van der Waals surface area contributed by atoms with Gasteiger partial charge in [0.05, 0.1) is 12.0 Å². The SMILES string of the molecule is Brc1ccc(-n2ccnc2)c(Cc2ccccc2Br)c1. The lowest BCUT2D eigenvalue weighted by Gasteiger charge is -2.12. The van der Waals surface area contributed by atoms with E-state index in [2.05, 4.69) is 73.2 Å².